The summed E-state index contributed by atoms with van der Waals surface area (Å²) in [7, 11) is 2.82. The van der Waals surface area contributed by atoms with E-state index < -0.39 is 5.97 Å². The molecule has 0 atom stereocenters. The monoisotopic (exact) mass is 374 g/mol. The average Bonchev–Trinajstić information content (AvgIpc) is 3.35. The van der Waals surface area contributed by atoms with Gasteiger partial charge in [0.15, 0.2) is 29.3 Å². The van der Waals surface area contributed by atoms with Gasteiger partial charge in [0.25, 0.3) is 0 Å². The summed E-state index contributed by atoms with van der Waals surface area (Å²) in [6, 6.07) is 2.76. The molecular formula is C18H14O9. The topological polar surface area (TPSA) is 110 Å². The van der Waals surface area contributed by atoms with Crippen molar-refractivity contribution in [3.05, 3.63) is 23.3 Å². The summed E-state index contributed by atoms with van der Waals surface area (Å²) < 4.78 is 32.4. The molecule has 0 saturated carbocycles. The van der Waals surface area contributed by atoms with E-state index >= 15 is 0 Å². The van der Waals surface area contributed by atoms with Crippen LogP contribution in [0.4, 0.5) is 0 Å². The van der Waals surface area contributed by atoms with E-state index in [1.54, 1.807) is 0 Å². The van der Waals surface area contributed by atoms with Crippen LogP contribution < -0.4 is 28.4 Å². The van der Waals surface area contributed by atoms with Crippen molar-refractivity contribution in [1.82, 2.24) is 0 Å². The maximum absolute atomic E-state index is 11.9. The van der Waals surface area contributed by atoms with Crippen LogP contribution >= 0.6 is 0 Å². The third-order valence-electron chi connectivity index (χ3n) is 4.29. The molecular weight excluding hydrogens is 360 g/mol. The van der Waals surface area contributed by atoms with Gasteiger partial charge in [0.2, 0.25) is 25.1 Å². The van der Waals surface area contributed by atoms with E-state index in [0.29, 0.717) is 12.0 Å². The molecule has 0 bridgehead atoms. The average molecular weight is 374 g/mol. The molecule has 0 aromatic heterocycles. The van der Waals surface area contributed by atoms with Gasteiger partial charge < -0.3 is 33.5 Å². The molecule has 9 heteroatoms. The molecule has 0 radical (unpaired) electrons. The minimum Gasteiger partial charge on any atom is -0.493 e. The molecule has 0 spiro atoms. The zero-order chi connectivity index (χ0) is 19.1. The van der Waals surface area contributed by atoms with Gasteiger partial charge in [-0.25, -0.2) is 4.79 Å². The molecule has 9 nitrogen and oxygen atoms in total. The van der Waals surface area contributed by atoms with E-state index in [2.05, 4.69) is 0 Å². The Morgan fingerprint density at radius 3 is 1.96 bits per heavy atom. The maximum Gasteiger partial charge on any atom is 0.336 e. The molecule has 2 aliphatic heterocycles. The third-order valence-corrected chi connectivity index (χ3v) is 4.29. The lowest BCUT2D eigenvalue weighted by Crippen LogP contribution is -2.04. The van der Waals surface area contributed by atoms with Gasteiger partial charge in [0.05, 0.1) is 19.8 Å². The van der Waals surface area contributed by atoms with Gasteiger partial charge >= 0.3 is 5.97 Å². The highest BCUT2D eigenvalue weighted by Gasteiger charge is 2.35. The number of fused-ring (bicyclic) bond motifs is 2. The van der Waals surface area contributed by atoms with Gasteiger partial charge in [-0.1, -0.05) is 0 Å². The SMILES string of the molecule is COc1cc(C=O)c(-c2c(C(=O)O)cc(OC)c3c2OCO3)c2c1OCO2. The lowest BCUT2D eigenvalue weighted by molar-refractivity contribution is 0.0696. The maximum atomic E-state index is 11.9. The number of carbonyl (C=O) groups is 2. The number of carboxylic acids is 1. The van der Waals surface area contributed by atoms with Crippen molar-refractivity contribution >= 4 is 12.3 Å². The van der Waals surface area contributed by atoms with Gasteiger partial charge in [0, 0.05) is 16.7 Å². The second kappa shape index (κ2) is 6.27. The fourth-order valence-electron chi connectivity index (χ4n) is 3.17. The molecule has 0 fully saturated rings. The number of carbonyl (C=O) groups excluding carboxylic acids is 1. The van der Waals surface area contributed by atoms with Crippen LogP contribution in [0.1, 0.15) is 20.7 Å². The lowest BCUT2D eigenvalue weighted by atomic mass is 9.92. The van der Waals surface area contributed by atoms with E-state index in [-0.39, 0.29) is 64.6 Å². The predicted octanol–water partition coefficient (Wildman–Crippen LogP) is 2.34. The molecule has 0 saturated heterocycles. The summed E-state index contributed by atoms with van der Waals surface area (Å²) in [6.45, 7) is -0.215. The van der Waals surface area contributed by atoms with E-state index in [4.69, 9.17) is 28.4 Å². The number of benzene rings is 2. The van der Waals surface area contributed by atoms with Crippen LogP contribution in [0.5, 0.6) is 34.5 Å². The first-order valence-electron chi connectivity index (χ1n) is 7.80. The number of aromatic carboxylic acids is 1. The second-order valence-corrected chi connectivity index (χ2v) is 5.60. The first-order chi connectivity index (χ1) is 13.1. The van der Waals surface area contributed by atoms with E-state index in [1.807, 2.05) is 0 Å². The quantitative estimate of drug-likeness (QED) is 0.789. The Morgan fingerprint density at radius 2 is 1.44 bits per heavy atom. The first kappa shape index (κ1) is 16.8. The van der Waals surface area contributed by atoms with Crippen molar-refractivity contribution in [3.8, 4) is 45.6 Å². The molecule has 0 amide bonds. The summed E-state index contributed by atoms with van der Waals surface area (Å²) in [6.07, 6.45) is 0.581. The van der Waals surface area contributed by atoms with Crippen molar-refractivity contribution in [3.63, 3.8) is 0 Å². The van der Waals surface area contributed by atoms with E-state index in [9.17, 15) is 14.7 Å². The molecule has 2 heterocycles. The number of methoxy groups -OCH3 is 2. The minimum atomic E-state index is -1.23. The fraction of sp³-hybridized carbons (Fsp3) is 0.222. The van der Waals surface area contributed by atoms with Gasteiger partial charge in [-0.05, 0) is 12.1 Å². The molecule has 2 aliphatic rings. The predicted molar refractivity (Wildman–Crippen MR) is 89.6 cm³/mol. The number of hydrogen-bond acceptors (Lipinski definition) is 8. The van der Waals surface area contributed by atoms with E-state index in [0.717, 1.165) is 0 Å². The molecule has 1 N–H and O–H groups in total. The minimum absolute atomic E-state index is 0.0981. The van der Waals surface area contributed by atoms with Crippen LogP contribution in [0.15, 0.2) is 12.1 Å². The van der Waals surface area contributed by atoms with Crippen molar-refractivity contribution in [2.24, 2.45) is 0 Å². The van der Waals surface area contributed by atoms with E-state index in [1.165, 1.54) is 26.4 Å². The van der Waals surface area contributed by atoms with Gasteiger partial charge in [-0.3, -0.25) is 4.79 Å². The van der Waals surface area contributed by atoms with Crippen molar-refractivity contribution in [2.45, 2.75) is 0 Å². The molecule has 4 rings (SSSR count). The van der Waals surface area contributed by atoms with Crippen LogP contribution in [-0.2, 0) is 0 Å². The molecule has 2 aromatic rings. The highest BCUT2D eigenvalue weighted by Crippen LogP contribution is 2.56. The molecule has 0 aliphatic carbocycles. The zero-order valence-electron chi connectivity index (χ0n) is 14.4. The fourth-order valence-corrected chi connectivity index (χ4v) is 3.17. The van der Waals surface area contributed by atoms with Gasteiger partial charge in [0.1, 0.15) is 0 Å². The summed E-state index contributed by atoms with van der Waals surface area (Å²) in [5, 5.41) is 9.75. The Kier molecular flexibility index (Phi) is 3.91. The van der Waals surface area contributed by atoms with Crippen LogP contribution in [-0.4, -0.2) is 45.2 Å². The van der Waals surface area contributed by atoms with Crippen LogP contribution in [0.25, 0.3) is 11.1 Å². The lowest BCUT2D eigenvalue weighted by Gasteiger charge is -2.17. The largest absolute Gasteiger partial charge is 0.493 e. The van der Waals surface area contributed by atoms with Crippen LogP contribution in [0.3, 0.4) is 0 Å². The number of aldehydes is 1. The Bertz CT molecular complexity index is 964. The van der Waals surface area contributed by atoms with Crippen molar-refractivity contribution in [2.75, 3.05) is 27.8 Å². The van der Waals surface area contributed by atoms with Crippen LogP contribution in [0.2, 0.25) is 0 Å². The summed E-state index contributed by atoms with van der Waals surface area (Å²) >= 11 is 0. The Balaban J connectivity index is 2.12. The third kappa shape index (κ3) is 2.39. The Hall–Kier alpha value is -3.62. The number of rotatable bonds is 5. The zero-order valence-corrected chi connectivity index (χ0v) is 14.4. The van der Waals surface area contributed by atoms with Gasteiger partial charge in [-0.15, -0.1) is 0 Å². The molecule has 140 valence electrons. The molecule has 27 heavy (non-hydrogen) atoms. The standard InChI is InChI=1S/C18H14O9/c1-22-10-3-8(5-19)12(16-14(10)24-6-26-16)13-9(18(20)21)4-11(23-2)15-17(13)27-7-25-15/h3-5H,6-7H2,1-2H3,(H,20,21). The first-order valence-corrected chi connectivity index (χ1v) is 7.80. The Morgan fingerprint density at radius 1 is 0.926 bits per heavy atom. The summed E-state index contributed by atoms with van der Waals surface area (Å²) in [5.41, 5.74) is 0.380. The van der Waals surface area contributed by atoms with Crippen LogP contribution in [0, 0.1) is 0 Å². The number of ether oxygens (including phenoxy) is 6. The second-order valence-electron chi connectivity index (χ2n) is 5.60. The highest BCUT2D eigenvalue weighted by molar-refractivity contribution is 6.05. The molecule has 2 aromatic carbocycles. The summed E-state index contributed by atoms with van der Waals surface area (Å²) in [5.74, 6) is 0.142. The van der Waals surface area contributed by atoms with Gasteiger partial charge in [-0.2, -0.15) is 0 Å². The normalized spacial score (nSPS) is 13.4. The van der Waals surface area contributed by atoms with Crippen molar-refractivity contribution < 1.29 is 43.1 Å². The smallest absolute Gasteiger partial charge is 0.336 e. The summed E-state index contributed by atoms with van der Waals surface area (Å²) in [4.78, 5) is 23.7. The van der Waals surface area contributed by atoms with Crippen molar-refractivity contribution in [1.29, 1.82) is 0 Å². The number of hydrogen-bond donors (Lipinski definition) is 1. The number of carboxylic acid groups (broad SMARTS) is 1. The highest BCUT2D eigenvalue weighted by atomic mass is 16.7. The molecule has 0 unspecified atom stereocenters. The Labute approximate surface area is 152 Å².